The normalized spacial score (nSPS) is 13.1. The Balaban J connectivity index is 1.63. The van der Waals surface area contributed by atoms with Gasteiger partial charge in [0.15, 0.2) is 0 Å². The van der Waals surface area contributed by atoms with Gasteiger partial charge in [0, 0.05) is 12.1 Å². The number of pyridine rings is 2. The summed E-state index contributed by atoms with van der Waals surface area (Å²) in [6.07, 6.45) is 1.99. The van der Waals surface area contributed by atoms with Gasteiger partial charge in [0.1, 0.15) is 41.0 Å². The van der Waals surface area contributed by atoms with Crippen molar-refractivity contribution in [1.29, 1.82) is 0 Å². The predicted molar refractivity (Wildman–Crippen MR) is 120 cm³/mol. The number of anilines is 1. The van der Waals surface area contributed by atoms with Gasteiger partial charge < -0.3 is 14.8 Å². The number of rotatable bonds is 5. The summed E-state index contributed by atoms with van der Waals surface area (Å²) in [7, 11) is 0. The first-order chi connectivity index (χ1) is 16.7. The highest BCUT2D eigenvalue weighted by molar-refractivity contribution is 5.98. The van der Waals surface area contributed by atoms with Crippen molar-refractivity contribution in [1.82, 2.24) is 29.0 Å². The minimum atomic E-state index is -0.552. The summed E-state index contributed by atoms with van der Waals surface area (Å²) in [6, 6.07) is 6.43. The van der Waals surface area contributed by atoms with Crippen molar-refractivity contribution in [2.24, 2.45) is 0 Å². The summed E-state index contributed by atoms with van der Waals surface area (Å²) in [5, 5.41) is 6.89. The molecule has 10 nitrogen and oxygen atoms in total. The van der Waals surface area contributed by atoms with E-state index < -0.39 is 23.1 Å². The molecule has 5 heterocycles. The molecule has 5 rings (SSSR count). The van der Waals surface area contributed by atoms with Crippen LogP contribution in [0, 0.1) is 11.6 Å². The molecule has 0 fully saturated rings. The molecule has 4 aromatic heterocycles. The van der Waals surface area contributed by atoms with Gasteiger partial charge >= 0.3 is 0 Å². The van der Waals surface area contributed by atoms with Crippen molar-refractivity contribution in [2.45, 2.75) is 33.0 Å². The number of nitrogens with zero attached hydrogens (tertiary/aromatic N) is 6. The van der Waals surface area contributed by atoms with Gasteiger partial charge in [0.05, 0.1) is 30.2 Å². The van der Waals surface area contributed by atoms with Crippen LogP contribution < -0.4 is 10.9 Å². The Bertz CT molecular complexity index is 1530. The number of carbonyl (C=O) groups excluding carboxylic acids is 2. The first-order valence-corrected chi connectivity index (χ1v) is 10.7. The maximum atomic E-state index is 13.3. The van der Waals surface area contributed by atoms with E-state index in [9.17, 15) is 23.2 Å². The molecule has 0 spiro atoms. The van der Waals surface area contributed by atoms with Crippen molar-refractivity contribution in [3.05, 3.63) is 76.0 Å². The van der Waals surface area contributed by atoms with Crippen LogP contribution >= 0.6 is 0 Å². The Morgan fingerprint density at radius 3 is 2.40 bits per heavy atom. The van der Waals surface area contributed by atoms with E-state index >= 15 is 0 Å². The summed E-state index contributed by atoms with van der Waals surface area (Å²) in [6.45, 7) is 3.39. The zero-order chi connectivity index (χ0) is 24.9. The Hall–Kier alpha value is -4.48. The van der Waals surface area contributed by atoms with Crippen LogP contribution in [0.2, 0.25) is 0 Å². The molecule has 0 bridgehead atoms. The first kappa shape index (κ1) is 22.3. The van der Waals surface area contributed by atoms with E-state index in [0.717, 1.165) is 23.0 Å². The zero-order valence-electron chi connectivity index (χ0n) is 18.7. The maximum Gasteiger partial charge on any atom is 0.280 e. The lowest BCUT2D eigenvalue weighted by Gasteiger charge is -2.20. The summed E-state index contributed by atoms with van der Waals surface area (Å²) < 4.78 is 29.0. The third-order valence-electron chi connectivity index (χ3n) is 5.68. The van der Waals surface area contributed by atoms with Gasteiger partial charge in [0.2, 0.25) is 5.91 Å². The van der Waals surface area contributed by atoms with Crippen molar-refractivity contribution in [2.75, 3.05) is 5.32 Å². The largest absolute Gasteiger partial charge is 0.330 e. The highest BCUT2D eigenvalue weighted by Crippen LogP contribution is 2.26. The number of hydrogen-bond donors (Lipinski definition) is 1. The van der Waals surface area contributed by atoms with Gasteiger partial charge in [0.25, 0.3) is 11.5 Å². The van der Waals surface area contributed by atoms with Crippen LogP contribution in [0.1, 0.15) is 29.9 Å². The number of carbonyl (C=O) groups is 2. The molecule has 0 radical (unpaired) electrons. The van der Waals surface area contributed by atoms with Crippen LogP contribution in [0.3, 0.4) is 0 Å². The number of nitrogens with one attached hydrogen (secondary N) is 1. The van der Waals surface area contributed by atoms with Gasteiger partial charge in [-0.1, -0.05) is 0 Å². The minimum Gasteiger partial charge on any atom is -0.330 e. The standard InChI is InChI=1S/C23H19F2N7O3/c1-12(2)30-10-15-21(23(30)35)31(11-19(33)28-18-6-4-14(25)9-27-18)20-7-17(29-32(20)22(15)34)16-5-3-13(24)8-26-16/h3-9,12H,10-11H2,1-2H3,(H,27,28,33). The number of amides is 2. The van der Waals surface area contributed by atoms with Gasteiger partial charge in [-0.05, 0) is 38.1 Å². The SMILES string of the molecule is CC(C)N1Cc2c(n(CC(=O)Nc3ccc(F)cn3)c3cc(-c4ccc(F)cn4)nn3c2=O)C1=O. The fraction of sp³-hybridized carbons (Fsp3) is 0.217. The van der Waals surface area contributed by atoms with Crippen molar-refractivity contribution in [3.8, 4) is 11.4 Å². The lowest BCUT2D eigenvalue weighted by Crippen LogP contribution is -2.32. The Morgan fingerprint density at radius 1 is 1.06 bits per heavy atom. The summed E-state index contributed by atoms with van der Waals surface area (Å²) >= 11 is 0. The smallest absolute Gasteiger partial charge is 0.280 e. The van der Waals surface area contributed by atoms with Crippen LogP contribution in [-0.2, 0) is 17.9 Å². The maximum absolute atomic E-state index is 13.3. The topological polar surface area (TPSA) is 114 Å². The first-order valence-electron chi connectivity index (χ1n) is 10.7. The molecule has 12 heteroatoms. The molecule has 35 heavy (non-hydrogen) atoms. The van der Waals surface area contributed by atoms with Crippen LogP contribution in [0.15, 0.2) is 47.5 Å². The minimum absolute atomic E-state index is 0.0751. The van der Waals surface area contributed by atoms with Crippen LogP contribution in [0.25, 0.3) is 17.0 Å². The molecule has 0 aliphatic carbocycles. The molecule has 1 aliphatic rings. The van der Waals surface area contributed by atoms with E-state index in [2.05, 4.69) is 20.4 Å². The molecular formula is C23H19F2N7O3. The van der Waals surface area contributed by atoms with Gasteiger partial charge in [-0.2, -0.15) is 9.61 Å². The number of aromatic nitrogens is 5. The van der Waals surface area contributed by atoms with E-state index in [1.54, 1.807) is 0 Å². The molecule has 0 unspecified atom stereocenters. The van der Waals surface area contributed by atoms with E-state index in [4.69, 9.17) is 0 Å². The predicted octanol–water partition coefficient (Wildman–Crippen LogP) is 2.23. The lowest BCUT2D eigenvalue weighted by atomic mass is 10.2. The van der Waals surface area contributed by atoms with E-state index in [0.29, 0.717) is 5.69 Å². The summed E-state index contributed by atoms with van der Waals surface area (Å²) in [5.41, 5.74) is 0.597. The summed E-state index contributed by atoms with van der Waals surface area (Å²) in [4.78, 5) is 48.7. The second-order valence-corrected chi connectivity index (χ2v) is 8.32. The van der Waals surface area contributed by atoms with Crippen LogP contribution in [0.5, 0.6) is 0 Å². The zero-order valence-corrected chi connectivity index (χ0v) is 18.7. The van der Waals surface area contributed by atoms with Crippen LogP contribution in [-0.4, -0.2) is 46.9 Å². The quantitative estimate of drug-likeness (QED) is 0.470. The highest BCUT2D eigenvalue weighted by Gasteiger charge is 2.36. The van der Waals surface area contributed by atoms with Gasteiger partial charge in [-0.3, -0.25) is 19.4 Å². The van der Waals surface area contributed by atoms with Crippen molar-refractivity contribution in [3.63, 3.8) is 0 Å². The molecule has 0 saturated heterocycles. The van der Waals surface area contributed by atoms with Crippen LogP contribution in [0.4, 0.5) is 14.6 Å². The Morgan fingerprint density at radius 2 is 1.77 bits per heavy atom. The van der Waals surface area contributed by atoms with Gasteiger partial charge in [-0.15, -0.1) is 0 Å². The molecular weight excluding hydrogens is 460 g/mol. The molecule has 1 aliphatic heterocycles. The van der Waals surface area contributed by atoms with Crippen molar-refractivity contribution < 1.29 is 18.4 Å². The fourth-order valence-electron chi connectivity index (χ4n) is 3.99. The highest BCUT2D eigenvalue weighted by atomic mass is 19.1. The molecule has 0 atom stereocenters. The number of fused-ring (bicyclic) bond motifs is 2. The molecule has 4 aromatic rings. The van der Waals surface area contributed by atoms with Gasteiger partial charge in [-0.25, -0.2) is 13.8 Å². The third kappa shape index (κ3) is 3.92. The van der Waals surface area contributed by atoms with Crippen molar-refractivity contribution >= 4 is 23.3 Å². The molecule has 0 aromatic carbocycles. The monoisotopic (exact) mass is 479 g/mol. The number of halogens is 2. The fourth-order valence-corrected chi connectivity index (χ4v) is 3.99. The molecule has 0 saturated carbocycles. The molecule has 2 amide bonds. The third-order valence-corrected chi connectivity index (χ3v) is 5.68. The Labute approximate surface area is 196 Å². The lowest BCUT2D eigenvalue weighted by molar-refractivity contribution is -0.116. The molecule has 1 N–H and O–H groups in total. The second-order valence-electron chi connectivity index (χ2n) is 8.32. The Kier molecular flexibility index (Phi) is 5.35. The second kappa shape index (κ2) is 8.38. The van der Waals surface area contributed by atoms with E-state index in [-0.39, 0.29) is 53.5 Å². The number of hydrogen-bond acceptors (Lipinski definition) is 6. The average Bonchev–Trinajstić information content (AvgIpc) is 3.41. The molecule has 178 valence electrons. The van der Waals surface area contributed by atoms with E-state index in [1.807, 2.05) is 13.8 Å². The van der Waals surface area contributed by atoms with E-state index in [1.165, 1.54) is 33.7 Å². The summed E-state index contributed by atoms with van der Waals surface area (Å²) in [5.74, 6) is -1.88. The average molecular weight is 479 g/mol.